The van der Waals surface area contributed by atoms with Crippen molar-refractivity contribution in [2.24, 2.45) is 0 Å². The van der Waals surface area contributed by atoms with Gasteiger partial charge in [-0.05, 0) is 30.5 Å². The van der Waals surface area contributed by atoms with Crippen molar-refractivity contribution >= 4 is 28.2 Å². The van der Waals surface area contributed by atoms with Gasteiger partial charge < -0.3 is 5.32 Å². The molecule has 0 saturated heterocycles. The van der Waals surface area contributed by atoms with Crippen LogP contribution in [0.2, 0.25) is 0 Å². The largest absolute Gasteiger partial charge is 0.326 e. The molecule has 3 nitrogen and oxygen atoms in total. The fraction of sp³-hybridized carbons (Fsp3) is 0.105. The van der Waals surface area contributed by atoms with Crippen LogP contribution in [0.4, 0.5) is 16.2 Å². The summed E-state index contributed by atoms with van der Waals surface area (Å²) in [5, 5.41) is 5.15. The fourth-order valence-electron chi connectivity index (χ4n) is 2.58. The fourth-order valence-corrected chi connectivity index (χ4v) is 2.58. The maximum Gasteiger partial charge on any atom is 0.326 e. The first-order valence-electron chi connectivity index (χ1n) is 7.41. The highest BCUT2D eigenvalue weighted by Gasteiger charge is 2.16. The van der Waals surface area contributed by atoms with Gasteiger partial charge in [-0.25, -0.2) is 4.79 Å². The molecule has 0 aliphatic carbocycles. The van der Waals surface area contributed by atoms with Crippen molar-refractivity contribution in [2.45, 2.75) is 6.92 Å². The van der Waals surface area contributed by atoms with Gasteiger partial charge in [-0.2, -0.15) is 0 Å². The maximum absolute atomic E-state index is 12.6. The van der Waals surface area contributed by atoms with Gasteiger partial charge in [0.05, 0.1) is 5.69 Å². The molecule has 0 heterocycles. The number of nitrogens with zero attached hydrogens (tertiary/aromatic N) is 1. The predicted octanol–water partition coefficient (Wildman–Crippen LogP) is 4.90. The second-order valence-electron chi connectivity index (χ2n) is 5.04. The molecule has 0 spiro atoms. The predicted molar refractivity (Wildman–Crippen MR) is 92.4 cm³/mol. The summed E-state index contributed by atoms with van der Waals surface area (Å²) in [6, 6.07) is 23.5. The molecular formula is C19H18N2O. The zero-order valence-corrected chi connectivity index (χ0v) is 12.5. The number of hydrogen-bond acceptors (Lipinski definition) is 1. The van der Waals surface area contributed by atoms with E-state index in [4.69, 9.17) is 0 Å². The lowest BCUT2D eigenvalue weighted by Crippen LogP contribution is -2.34. The zero-order valence-electron chi connectivity index (χ0n) is 12.5. The topological polar surface area (TPSA) is 32.3 Å². The van der Waals surface area contributed by atoms with E-state index in [2.05, 4.69) is 17.4 Å². The Kier molecular flexibility index (Phi) is 4.05. The van der Waals surface area contributed by atoms with Crippen molar-refractivity contribution in [3.8, 4) is 0 Å². The lowest BCUT2D eigenvalue weighted by molar-refractivity contribution is 0.257. The Labute approximate surface area is 130 Å². The third kappa shape index (κ3) is 2.79. The van der Waals surface area contributed by atoms with Gasteiger partial charge in [0.2, 0.25) is 0 Å². The molecule has 0 unspecified atom stereocenters. The van der Waals surface area contributed by atoms with Crippen molar-refractivity contribution in [3.63, 3.8) is 0 Å². The molecule has 1 N–H and O–H groups in total. The van der Waals surface area contributed by atoms with Crippen LogP contribution in [0.5, 0.6) is 0 Å². The number of amides is 2. The number of benzene rings is 3. The van der Waals surface area contributed by atoms with Crippen molar-refractivity contribution in [2.75, 3.05) is 16.8 Å². The highest BCUT2D eigenvalue weighted by Crippen LogP contribution is 2.27. The summed E-state index contributed by atoms with van der Waals surface area (Å²) in [5.74, 6) is 0. The van der Waals surface area contributed by atoms with Gasteiger partial charge in [-0.3, -0.25) is 4.90 Å². The number of anilines is 2. The van der Waals surface area contributed by atoms with E-state index in [9.17, 15) is 4.79 Å². The molecule has 3 aromatic carbocycles. The number of hydrogen-bond donors (Lipinski definition) is 1. The number of urea groups is 1. The minimum Gasteiger partial charge on any atom is -0.308 e. The van der Waals surface area contributed by atoms with Crippen molar-refractivity contribution < 1.29 is 4.79 Å². The molecule has 3 heteroatoms. The number of fused-ring (bicyclic) bond motifs is 1. The number of carbonyl (C=O) groups is 1. The highest BCUT2D eigenvalue weighted by molar-refractivity contribution is 6.07. The minimum atomic E-state index is -0.120. The summed E-state index contributed by atoms with van der Waals surface area (Å²) in [6.07, 6.45) is 0. The van der Waals surface area contributed by atoms with E-state index in [0.29, 0.717) is 6.54 Å². The van der Waals surface area contributed by atoms with Crippen LogP contribution in [-0.4, -0.2) is 12.6 Å². The monoisotopic (exact) mass is 290 g/mol. The first kappa shape index (κ1) is 14.1. The van der Waals surface area contributed by atoms with Gasteiger partial charge in [0.15, 0.2) is 0 Å². The van der Waals surface area contributed by atoms with Gasteiger partial charge >= 0.3 is 6.03 Å². The molecule has 0 aliphatic heterocycles. The Hall–Kier alpha value is -2.81. The van der Waals surface area contributed by atoms with Crippen molar-refractivity contribution in [3.05, 3.63) is 72.8 Å². The molecule has 110 valence electrons. The van der Waals surface area contributed by atoms with Gasteiger partial charge in [-0.1, -0.05) is 54.6 Å². The smallest absolute Gasteiger partial charge is 0.308 e. The number of rotatable bonds is 3. The van der Waals surface area contributed by atoms with Crippen LogP contribution in [0.25, 0.3) is 10.8 Å². The second-order valence-corrected chi connectivity index (χ2v) is 5.04. The molecule has 2 amide bonds. The third-order valence-corrected chi connectivity index (χ3v) is 3.64. The van der Waals surface area contributed by atoms with Crippen molar-refractivity contribution in [1.82, 2.24) is 0 Å². The number of nitrogens with one attached hydrogen (secondary N) is 1. The number of carbonyl (C=O) groups excluding carboxylic acids is 1. The Morgan fingerprint density at radius 1 is 0.909 bits per heavy atom. The Morgan fingerprint density at radius 3 is 2.36 bits per heavy atom. The summed E-state index contributed by atoms with van der Waals surface area (Å²) >= 11 is 0. The van der Waals surface area contributed by atoms with Crippen LogP contribution < -0.4 is 10.2 Å². The van der Waals surface area contributed by atoms with E-state index in [1.807, 2.05) is 67.6 Å². The van der Waals surface area contributed by atoms with Gasteiger partial charge in [0, 0.05) is 17.6 Å². The normalized spacial score (nSPS) is 10.4. The van der Waals surface area contributed by atoms with Gasteiger partial charge in [0.25, 0.3) is 0 Å². The summed E-state index contributed by atoms with van der Waals surface area (Å²) in [7, 11) is 0. The van der Waals surface area contributed by atoms with E-state index in [-0.39, 0.29) is 6.03 Å². The Balaban J connectivity index is 1.94. The first-order chi connectivity index (χ1) is 10.8. The first-order valence-corrected chi connectivity index (χ1v) is 7.41. The molecule has 0 radical (unpaired) electrons. The second kappa shape index (κ2) is 6.31. The molecule has 0 aliphatic rings. The molecule has 0 atom stereocenters. The van der Waals surface area contributed by atoms with E-state index in [0.717, 1.165) is 22.1 Å². The SMILES string of the molecule is CCN(C(=O)Nc1ccccc1)c1cccc2ccccc12. The maximum atomic E-state index is 12.6. The molecule has 0 saturated carbocycles. The summed E-state index contributed by atoms with van der Waals surface area (Å²) in [4.78, 5) is 14.4. The molecule has 3 aromatic rings. The van der Waals surface area contributed by atoms with Crippen LogP contribution in [0.3, 0.4) is 0 Å². The molecule has 0 bridgehead atoms. The van der Waals surface area contributed by atoms with E-state index >= 15 is 0 Å². The molecule has 0 fully saturated rings. The highest BCUT2D eigenvalue weighted by atomic mass is 16.2. The summed E-state index contributed by atoms with van der Waals surface area (Å²) in [5.41, 5.74) is 1.72. The van der Waals surface area contributed by atoms with Crippen LogP contribution in [0.15, 0.2) is 72.8 Å². The Morgan fingerprint density at radius 2 is 1.59 bits per heavy atom. The van der Waals surface area contributed by atoms with Crippen molar-refractivity contribution in [1.29, 1.82) is 0 Å². The number of para-hydroxylation sites is 1. The molecular weight excluding hydrogens is 272 g/mol. The third-order valence-electron chi connectivity index (χ3n) is 3.64. The minimum absolute atomic E-state index is 0.120. The molecule has 22 heavy (non-hydrogen) atoms. The summed E-state index contributed by atoms with van der Waals surface area (Å²) < 4.78 is 0. The van der Waals surface area contributed by atoms with Crippen LogP contribution >= 0.6 is 0 Å². The van der Waals surface area contributed by atoms with E-state index in [1.165, 1.54) is 0 Å². The van der Waals surface area contributed by atoms with Crippen LogP contribution in [0, 0.1) is 0 Å². The van der Waals surface area contributed by atoms with Gasteiger partial charge in [0.1, 0.15) is 0 Å². The van der Waals surface area contributed by atoms with Crippen LogP contribution in [0.1, 0.15) is 6.92 Å². The molecule has 0 aromatic heterocycles. The van der Waals surface area contributed by atoms with Gasteiger partial charge in [-0.15, -0.1) is 0 Å². The lowest BCUT2D eigenvalue weighted by atomic mass is 10.1. The summed E-state index contributed by atoms with van der Waals surface area (Å²) in [6.45, 7) is 2.58. The molecule has 3 rings (SSSR count). The van der Waals surface area contributed by atoms with Crippen LogP contribution in [-0.2, 0) is 0 Å². The van der Waals surface area contributed by atoms with E-state index in [1.54, 1.807) is 4.90 Å². The van der Waals surface area contributed by atoms with E-state index < -0.39 is 0 Å². The standard InChI is InChI=1S/C19H18N2O/c1-2-21(19(22)20-16-11-4-3-5-12-16)18-14-8-10-15-9-6-7-13-17(15)18/h3-14H,2H2,1H3,(H,20,22). The average Bonchev–Trinajstić information content (AvgIpc) is 2.57. The Bertz CT molecular complexity index is 778. The average molecular weight is 290 g/mol. The zero-order chi connectivity index (χ0) is 15.4. The lowest BCUT2D eigenvalue weighted by Gasteiger charge is -2.23. The quantitative estimate of drug-likeness (QED) is 0.731.